The van der Waals surface area contributed by atoms with E-state index in [1.54, 1.807) is 18.3 Å². The van der Waals surface area contributed by atoms with Crippen molar-refractivity contribution in [1.82, 2.24) is 14.9 Å². The van der Waals surface area contributed by atoms with Crippen molar-refractivity contribution in [2.45, 2.75) is 13.8 Å². The van der Waals surface area contributed by atoms with Gasteiger partial charge in [0.2, 0.25) is 0 Å². The van der Waals surface area contributed by atoms with E-state index in [1.807, 2.05) is 26.0 Å². The quantitative estimate of drug-likeness (QED) is 0.428. The molecule has 1 heterocycles. The second-order valence-electron chi connectivity index (χ2n) is 5.86. The predicted molar refractivity (Wildman–Crippen MR) is 106 cm³/mol. The maximum absolute atomic E-state index is 6.29. The van der Waals surface area contributed by atoms with Crippen LogP contribution in [0, 0.1) is 13.8 Å². The van der Waals surface area contributed by atoms with Gasteiger partial charge in [0.15, 0.2) is 0 Å². The first-order valence-electron chi connectivity index (χ1n) is 8.24. The normalized spacial score (nSPS) is 11.1. The number of rotatable bonds is 7. The van der Waals surface area contributed by atoms with E-state index in [0.29, 0.717) is 34.6 Å². The molecule has 0 bridgehead atoms. The van der Waals surface area contributed by atoms with Crippen LogP contribution in [0.1, 0.15) is 16.7 Å². The average molecular weight is 405 g/mol. The Balaban J connectivity index is 1.67. The van der Waals surface area contributed by atoms with Gasteiger partial charge in [0.1, 0.15) is 37.4 Å². The van der Waals surface area contributed by atoms with E-state index in [2.05, 4.69) is 21.4 Å². The molecule has 2 aromatic carbocycles. The molecule has 0 radical (unpaired) electrons. The lowest BCUT2D eigenvalue weighted by Crippen LogP contribution is -2.11. The Kier molecular flexibility index (Phi) is 6.32. The predicted octanol–water partition coefficient (Wildman–Crippen LogP) is 4.54. The number of benzene rings is 2. The highest BCUT2D eigenvalue weighted by molar-refractivity contribution is 6.36. The molecule has 3 aromatic rings. The fourth-order valence-corrected chi connectivity index (χ4v) is 3.03. The minimum atomic E-state index is 0.322. The Labute approximate surface area is 167 Å². The fourth-order valence-electron chi connectivity index (χ4n) is 2.47. The van der Waals surface area contributed by atoms with Gasteiger partial charge >= 0.3 is 0 Å². The maximum atomic E-state index is 6.29. The van der Waals surface area contributed by atoms with E-state index < -0.39 is 0 Å². The molecule has 140 valence electrons. The molecule has 0 saturated heterocycles. The van der Waals surface area contributed by atoms with Crippen LogP contribution in [0.3, 0.4) is 0 Å². The van der Waals surface area contributed by atoms with Gasteiger partial charge in [0.25, 0.3) is 0 Å². The number of halogens is 2. The first-order valence-corrected chi connectivity index (χ1v) is 8.99. The summed E-state index contributed by atoms with van der Waals surface area (Å²) in [5, 5.41) is 12.5. The molecule has 0 saturated carbocycles. The number of hydrogen-bond donors (Lipinski definition) is 0. The Bertz CT molecular complexity index is 943. The Hall–Kier alpha value is -2.57. The monoisotopic (exact) mass is 404 g/mol. The Morgan fingerprint density at radius 2 is 1.78 bits per heavy atom. The second kappa shape index (κ2) is 8.88. The lowest BCUT2D eigenvalue weighted by molar-refractivity contribution is 0.216. The van der Waals surface area contributed by atoms with Crippen molar-refractivity contribution in [3.8, 4) is 11.5 Å². The van der Waals surface area contributed by atoms with Crippen molar-refractivity contribution in [3.05, 3.63) is 69.7 Å². The van der Waals surface area contributed by atoms with Crippen molar-refractivity contribution in [2.24, 2.45) is 5.10 Å². The molecule has 3 rings (SSSR count). The summed E-state index contributed by atoms with van der Waals surface area (Å²) < 4.78 is 13.1. The van der Waals surface area contributed by atoms with Crippen molar-refractivity contribution >= 4 is 29.4 Å². The highest BCUT2D eigenvalue weighted by Crippen LogP contribution is 2.31. The summed E-state index contributed by atoms with van der Waals surface area (Å²) in [5.41, 5.74) is 2.93. The molecule has 0 unspecified atom stereocenters. The van der Waals surface area contributed by atoms with Gasteiger partial charge < -0.3 is 9.47 Å². The number of aromatic nitrogens is 3. The van der Waals surface area contributed by atoms with Gasteiger partial charge in [0, 0.05) is 10.6 Å². The SMILES string of the molecule is Cc1ccc(OCCOc2c(Cl)cc(Cl)cc2/C=N/n2cnnc2)c(C)c1. The molecule has 8 heteroatoms. The summed E-state index contributed by atoms with van der Waals surface area (Å²) >= 11 is 12.4. The number of ether oxygens (including phenoxy) is 2. The zero-order valence-electron chi connectivity index (χ0n) is 14.9. The first kappa shape index (κ1) is 19.2. The molecule has 27 heavy (non-hydrogen) atoms. The molecule has 1 aromatic heterocycles. The summed E-state index contributed by atoms with van der Waals surface area (Å²) in [6, 6.07) is 9.39. The number of nitrogens with zero attached hydrogens (tertiary/aromatic N) is 4. The van der Waals surface area contributed by atoms with Gasteiger partial charge in [-0.1, -0.05) is 40.9 Å². The summed E-state index contributed by atoms with van der Waals surface area (Å²) in [5.74, 6) is 1.32. The highest BCUT2D eigenvalue weighted by Gasteiger charge is 2.10. The highest BCUT2D eigenvalue weighted by atomic mass is 35.5. The summed E-state index contributed by atoms with van der Waals surface area (Å²) in [7, 11) is 0. The van der Waals surface area contributed by atoms with Crippen molar-refractivity contribution in [2.75, 3.05) is 13.2 Å². The largest absolute Gasteiger partial charge is 0.490 e. The minimum absolute atomic E-state index is 0.322. The average Bonchev–Trinajstić information content (AvgIpc) is 3.13. The van der Waals surface area contributed by atoms with Gasteiger partial charge in [-0.05, 0) is 37.6 Å². The molecule has 0 amide bonds. The zero-order valence-corrected chi connectivity index (χ0v) is 16.4. The Morgan fingerprint density at radius 3 is 2.52 bits per heavy atom. The van der Waals surface area contributed by atoms with Crippen molar-refractivity contribution < 1.29 is 9.47 Å². The fraction of sp³-hybridized carbons (Fsp3) is 0.211. The zero-order chi connectivity index (χ0) is 19.2. The van der Waals surface area contributed by atoms with Crippen LogP contribution in [0.4, 0.5) is 0 Å². The molecule has 0 aliphatic heterocycles. The molecule has 0 aliphatic rings. The number of hydrogen-bond acceptors (Lipinski definition) is 5. The molecule has 0 N–H and O–H groups in total. The van der Waals surface area contributed by atoms with Gasteiger partial charge in [-0.15, -0.1) is 10.2 Å². The van der Waals surface area contributed by atoms with Crippen LogP contribution >= 0.6 is 23.2 Å². The molecule has 0 aliphatic carbocycles. The van der Waals surface area contributed by atoms with Gasteiger partial charge in [-0.25, -0.2) is 4.68 Å². The van der Waals surface area contributed by atoms with E-state index in [4.69, 9.17) is 32.7 Å². The molecule has 0 spiro atoms. The van der Waals surface area contributed by atoms with Crippen molar-refractivity contribution in [3.63, 3.8) is 0 Å². The van der Waals surface area contributed by atoms with Crippen LogP contribution in [0.15, 0.2) is 48.1 Å². The topological polar surface area (TPSA) is 61.5 Å². The lowest BCUT2D eigenvalue weighted by Gasteiger charge is -2.13. The molecule has 0 fully saturated rings. The van der Waals surface area contributed by atoms with Gasteiger partial charge in [-0.2, -0.15) is 5.10 Å². The third kappa shape index (κ3) is 5.21. The lowest BCUT2D eigenvalue weighted by atomic mass is 10.1. The Morgan fingerprint density at radius 1 is 1.04 bits per heavy atom. The molecular weight excluding hydrogens is 387 g/mol. The summed E-state index contributed by atoms with van der Waals surface area (Å²) in [4.78, 5) is 0. The van der Waals surface area contributed by atoms with Crippen LogP contribution in [-0.4, -0.2) is 34.3 Å². The van der Waals surface area contributed by atoms with Crippen LogP contribution in [0.2, 0.25) is 10.0 Å². The second-order valence-corrected chi connectivity index (χ2v) is 6.70. The third-order valence-corrected chi connectivity index (χ3v) is 4.19. The third-order valence-electron chi connectivity index (χ3n) is 3.69. The maximum Gasteiger partial charge on any atom is 0.147 e. The van der Waals surface area contributed by atoms with E-state index >= 15 is 0 Å². The van der Waals surface area contributed by atoms with E-state index in [0.717, 1.165) is 11.3 Å². The van der Waals surface area contributed by atoms with E-state index in [1.165, 1.54) is 22.9 Å². The van der Waals surface area contributed by atoms with Crippen molar-refractivity contribution in [1.29, 1.82) is 0 Å². The summed E-state index contributed by atoms with van der Waals surface area (Å²) in [6.07, 6.45) is 4.53. The van der Waals surface area contributed by atoms with Crippen LogP contribution in [0.5, 0.6) is 11.5 Å². The minimum Gasteiger partial charge on any atom is -0.490 e. The van der Waals surface area contributed by atoms with Crippen LogP contribution < -0.4 is 9.47 Å². The first-order chi connectivity index (χ1) is 13.0. The van der Waals surface area contributed by atoms with Crippen LogP contribution in [0.25, 0.3) is 0 Å². The van der Waals surface area contributed by atoms with Crippen LogP contribution in [-0.2, 0) is 0 Å². The van der Waals surface area contributed by atoms with E-state index in [-0.39, 0.29) is 0 Å². The standard InChI is InChI=1S/C19H18Cl2N4O2/c1-13-3-4-18(14(2)7-13)26-5-6-27-19-15(8-16(20)9-17(19)21)10-24-25-11-22-23-12-25/h3-4,7-12H,5-6H2,1-2H3/b24-10+. The summed E-state index contributed by atoms with van der Waals surface area (Å²) in [6.45, 7) is 4.76. The van der Waals surface area contributed by atoms with E-state index in [9.17, 15) is 0 Å². The van der Waals surface area contributed by atoms with Gasteiger partial charge in [0.05, 0.1) is 11.2 Å². The smallest absolute Gasteiger partial charge is 0.147 e. The number of aryl methyl sites for hydroxylation is 2. The molecule has 0 atom stereocenters. The van der Waals surface area contributed by atoms with Gasteiger partial charge in [-0.3, -0.25) is 0 Å². The molecule has 6 nitrogen and oxygen atoms in total. The molecular formula is C19H18Cl2N4O2.